The van der Waals surface area contributed by atoms with Crippen LogP contribution in [0.2, 0.25) is 0 Å². The number of carboxylic acid groups (broad SMARTS) is 1. The van der Waals surface area contributed by atoms with Crippen molar-refractivity contribution in [3.05, 3.63) is 46.9 Å². The molecule has 1 aliphatic rings. The van der Waals surface area contributed by atoms with Crippen molar-refractivity contribution in [1.29, 1.82) is 0 Å². The number of esters is 1. The fraction of sp³-hybridized carbons (Fsp3) is 0.312. The lowest BCUT2D eigenvalue weighted by Gasteiger charge is -2.33. The number of hydrogen-bond acceptors (Lipinski definition) is 7. The van der Waals surface area contributed by atoms with Crippen molar-refractivity contribution in [3.8, 4) is 0 Å². The van der Waals surface area contributed by atoms with Gasteiger partial charge in [-0.1, -0.05) is 17.2 Å². The zero-order valence-corrected chi connectivity index (χ0v) is 14.1. The molecule has 0 saturated heterocycles. The number of tetrazole rings is 1. The van der Waals surface area contributed by atoms with Gasteiger partial charge in [-0.05, 0) is 42.0 Å². The van der Waals surface area contributed by atoms with Crippen LogP contribution >= 0.6 is 0 Å². The van der Waals surface area contributed by atoms with Gasteiger partial charge in [0, 0.05) is 5.70 Å². The van der Waals surface area contributed by atoms with Gasteiger partial charge in [0.05, 0.1) is 12.2 Å². The molecule has 26 heavy (non-hydrogen) atoms. The smallest absolute Gasteiger partial charge is 0.338 e. The number of ether oxygens (including phenoxy) is 1. The molecule has 0 bridgehead atoms. The van der Waals surface area contributed by atoms with Gasteiger partial charge in [0.25, 0.3) is 5.95 Å². The third kappa shape index (κ3) is 3.01. The number of carbonyl (C=O) groups excluding carboxylic acids is 1. The first kappa shape index (κ1) is 17.5. The van der Waals surface area contributed by atoms with E-state index in [0.717, 1.165) is 0 Å². The van der Waals surface area contributed by atoms with E-state index < -0.39 is 30.3 Å². The van der Waals surface area contributed by atoms with Crippen molar-refractivity contribution < 1.29 is 23.8 Å². The Balaban J connectivity index is 2.19. The number of carbonyl (C=O) groups is 2. The summed E-state index contributed by atoms with van der Waals surface area (Å²) in [6.07, 6.45) is 0. The molecule has 2 aromatic rings. The predicted molar refractivity (Wildman–Crippen MR) is 86.7 cm³/mol. The van der Waals surface area contributed by atoms with Gasteiger partial charge in [0.15, 0.2) is 0 Å². The molecule has 2 heterocycles. The summed E-state index contributed by atoms with van der Waals surface area (Å²) >= 11 is 0. The van der Waals surface area contributed by atoms with Crippen LogP contribution in [0, 0.1) is 5.82 Å². The average molecular weight is 361 g/mol. The molecule has 136 valence electrons. The summed E-state index contributed by atoms with van der Waals surface area (Å²) in [4.78, 5) is 25.2. The fourth-order valence-corrected chi connectivity index (χ4v) is 2.89. The van der Waals surface area contributed by atoms with Gasteiger partial charge in [-0.25, -0.2) is 9.18 Å². The summed E-state index contributed by atoms with van der Waals surface area (Å²) in [7, 11) is 0. The molecule has 10 heteroatoms. The van der Waals surface area contributed by atoms with E-state index in [1.807, 2.05) is 0 Å². The quantitative estimate of drug-likeness (QED) is 0.790. The number of nitrogens with zero attached hydrogens (tertiary/aromatic N) is 5. The molecule has 0 radical (unpaired) electrons. The number of anilines is 1. The van der Waals surface area contributed by atoms with Crippen molar-refractivity contribution in [2.75, 3.05) is 18.1 Å². The topological polar surface area (TPSA) is 110 Å². The number of aliphatic carboxylic acids is 1. The van der Waals surface area contributed by atoms with Crippen molar-refractivity contribution in [3.63, 3.8) is 0 Å². The lowest BCUT2D eigenvalue weighted by atomic mass is 9.95. The molecular weight excluding hydrogens is 345 g/mol. The molecule has 0 fully saturated rings. The van der Waals surface area contributed by atoms with Crippen molar-refractivity contribution in [2.24, 2.45) is 0 Å². The maximum atomic E-state index is 13.3. The fourth-order valence-electron chi connectivity index (χ4n) is 2.89. The Kier molecular flexibility index (Phi) is 4.65. The molecule has 1 atom stereocenters. The van der Waals surface area contributed by atoms with Crippen LogP contribution in [-0.2, 0) is 14.3 Å². The van der Waals surface area contributed by atoms with Crippen LogP contribution in [0.1, 0.15) is 25.5 Å². The minimum Gasteiger partial charge on any atom is -0.480 e. The maximum Gasteiger partial charge on any atom is 0.338 e. The monoisotopic (exact) mass is 361 g/mol. The lowest BCUT2D eigenvalue weighted by molar-refractivity contribution is -0.139. The number of aromatic nitrogens is 4. The van der Waals surface area contributed by atoms with Crippen molar-refractivity contribution in [1.82, 2.24) is 20.2 Å². The van der Waals surface area contributed by atoms with Gasteiger partial charge in [-0.2, -0.15) is 4.68 Å². The molecule has 0 amide bonds. The first-order valence-electron chi connectivity index (χ1n) is 7.84. The summed E-state index contributed by atoms with van der Waals surface area (Å²) in [5, 5.41) is 20.6. The molecule has 0 spiro atoms. The third-order valence-electron chi connectivity index (χ3n) is 4.00. The predicted octanol–water partition coefficient (Wildman–Crippen LogP) is 1.14. The number of carboxylic acids is 1. The summed E-state index contributed by atoms with van der Waals surface area (Å²) in [5.41, 5.74) is 1.12. The van der Waals surface area contributed by atoms with Crippen molar-refractivity contribution in [2.45, 2.75) is 19.9 Å². The number of halogens is 1. The number of allylic oxidation sites excluding steroid dienone is 1. The van der Waals surface area contributed by atoms with Crippen LogP contribution in [0.5, 0.6) is 0 Å². The van der Waals surface area contributed by atoms with Gasteiger partial charge in [-0.3, -0.25) is 4.79 Å². The van der Waals surface area contributed by atoms with Gasteiger partial charge < -0.3 is 14.7 Å². The van der Waals surface area contributed by atoms with Gasteiger partial charge in [0.2, 0.25) is 0 Å². The zero-order valence-electron chi connectivity index (χ0n) is 14.1. The lowest BCUT2D eigenvalue weighted by Crippen LogP contribution is -2.39. The Morgan fingerprint density at radius 3 is 2.62 bits per heavy atom. The molecule has 9 nitrogen and oxygen atoms in total. The van der Waals surface area contributed by atoms with Crippen LogP contribution < -0.4 is 4.90 Å². The first-order chi connectivity index (χ1) is 12.4. The Bertz CT molecular complexity index is 877. The second-order valence-electron chi connectivity index (χ2n) is 5.58. The Morgan fingerprint density at radius 2 is 2.00 bits per heavy atom. The number of benzene rings is 1. The number of fused-ring (bicyclic) bond motifs is 1. The highest BCUT2D eigenvalue weighted by Gasteiger charge is 2.39. The Labute approximate surface area is 147 Å². The average Bonchev–Trinajstić information content (AvgIpc) is 3.07. The molecule has 1 N–H and O–H groups in total. The Hall–Kier alpha value is -3.30. The summed E-state index contributed by atoms with van der Waals surface area (Å²) in [5.74, 6) is -1.97. The maximum absolute atomic E-state index is 13.3. The molecule has 1 aromatic heterocycles. The van der Waals surface area contributed by atoms with Gasteiger partial charge in [0.1, 0.15) is 18.4 Å². The molecule has 1 unspecified atom stereocenters. The number of rotatable bonds is 5. The van der Waals surface area contributed by atoms with Crippen LogP contribution in [0.15, 0.2) is 35.5 Å². The van der Waals surface area contributed by atoms with Gasteiger partial charge >= 0.3 is 11.9 Å². The Morgan fingerprint density at radius 1 is 1.31 bits per heavy atom. The molecule has 1 aromatic carbocycles. The second kappa shape index (κ2) is 6.90. The van der Waals surface area contributed by atoms with Crippen LogP contribution in [0.3, 0.4) is 0 Å². The minimum absolute atomic E-state index is 0.146. The van der Waals surface area contributed by atoms with E-state index in [-0.39, 0.29) is 18.1 Å². The van der Waals surface area contributed by atoms with E-state index >= 15 is 0 Å². The largest absolute Gasteiger partial charge is 0.480 e. The summed E-state index contributed by atoms with van der Waals surface area (Å²) in [6, 6.07) is 4.81. The van der Waals surface area contributed by atoms with Gasteiger partial charge in [-0.15, -0.1) is 0 Å². The normalized spacial score (nSPS) is 16.4. The van der Waals surface area contributed by atoms with E-state index in [2.05, 4.69) is 15.5 Å². The van der Waals surface area contributed by atoms with E-state index in [0.29, 0.717) is 11.3 Å². The third-order valence-corrected chi connectivity index (χ3v) is 4.00. The van der Waals surface area contributed by atoms with E-state index in [4.69, 9.17) is 4.74 Å². The van der Waals surface area contributed by atoms with Crippen LogP contribution in [0.25, 0.3) is 0 Å². The van der Waals surface area contributed by atoms with E-state index in [9.17, 15) is 19.1 Å². The molecule has 1 aliphatic heterocycles. The highest BCUT2D eigenvalue weighted by molar-refractivity contribution is 5.93. The van der Waals surface area contributed by atoms with Crippen LogP contribution in [-0.4, -0.2) is 50.4 Å². The standard InChI is InChI=1S/C16H16FN5O4/c1-3-26-15(25)13-9(2)21(8-12(23)24)16-18-19-20-22(16)14(13)10-4-6-11(17)7-5-10/h4-7,14H,3,8H2,1-2H3,(H,23,24). The zero-order chi connectivity index (χ0) is 18.8. The molecule has 0 aliphatic carbocycles. The summed E-state index contributed by atoms with van der Waals surface area (Å²) in [6.45, 7) is 2.99. The molecule has 3 rings (SSSR count). The highest BCUT2D eigenvalue weighted by Crippen LogP contribution is 2.37. The van der Waals surface area contributed by atoms with Crippen molar-refractivity contribution >= 4 is 17.9 Å². The molecular formula is C16H16FN5O4. The highest BCUT2D eigenvalue weighted by atomic mass is 19.1. The first-order valence-corrected chi connectivity index (χ1v) is 7.84. The molecule has 0 saturated carbocycles. The minimum atomic E-state index is -1.11. The second-order valence-corrected chi connectivity index (χ2v) is 5.58. The van der Waals surface area contributed by atoms with Crippen LogP contribution in [0.4, 0.5) is 10.3 Å². The SMILES string of the molecule is CCOC(=O)C1=C(C)N(CC(=O)O)c2nnnn2C1c1ccc(F)cc1. The van der Waals surface area contributed by atoms with E-state index in [1.54, 1.807) is 13.8 Å². The summed E-state index contributed by atoms with van der Waals surface area (Å²) < 4.78 is 19.8. The van der Waals surface area contributed by atoms with E-state index in [1.165, 1.54) is 33.8 Å². The number of hydrogen-bond donors (Lipinski definition) is 1.